The molecule has 0 bridgehead atoms. The van der Waals surface area contributed by atoms with Gasteiger partial charge in [-0.3, -0.25) is 9.78 Å². The number of nitrogens with zero attached hydrogens (tertiary/aromatic N) is 1. The van der Waals surface area contributed by atoms with Crippen LogP contribution in [-0.2, 0) is 18.3 Å². The first kappa shape index (κ1) is 18.2. The molecule has 1 aromatic heterocycles. The number of phenols is 1. The zero-order chi connectivity index (χ0) is 19.9. The number of phenolic OH excluding ortho intramolecular Hbond substituents is 1. The van der Waals surface area contributed by atoms with Crippen LogP contribution in [0.4, 0.5) is 0 Å². The van der Waals surface area contributed by atoms with Crippen LogP contribution < -0.4 is 11.4 Å². The largest absolute Gasteiger partial charge is 0.508 e. The predicted molar refractivity (Wildman–Crippen MR) is 105 cm³/mol. The molecular formula is C21H22N4O3. The van der Waals surface area contributed by atoms with Crippen LogP contribution >= 0.6 is 0 Å². The molecule has 1 unspecified atom stereocenters. The third-order valence-corrected chi connectivity index (χ3v) is 5.47. The first-order valence-electron chi connectivity index (χ1n) is 9.25. The number of aromatic nitrogens is 3. The summed E-state index contributed by atoms with van der Waals surface area (Å²) in [5.41, 5.74) is 9.55. The smallest absolute Gasteiger partial charge is 0.340 e. The Bertz CT molecular complexity index is 1100. The molecule has 3 aromatic rings. The topological polar surface area (TPSA) is 125 Å². The average molecular weight is 378 g/mol. The van der Waals surface area contributed by atoms with Crippen molar-refractivity contribution in [1.82, 2.24) is 15.2 Å². The number of aromatic hydroxyl groups is 1. The highest BCUT2D eigenvalue weighted by Gasteiger charge is 2.44. The Balaban J connectivity index is 2.12. The molecule has 0 saturated heterocycles. The van der Waals surface area contributed by atoms with Crippen molar-refractivity contribution >= 4 is 6.29 Å². The van der Waals surface area contributed by atoms with E-state index in [2.05, 4.69) is 15.2 Å². The molecule has 4 rings (SSSR count). The third kappa shape index (κ3) is 2.84. The van der Waals surface area contributed by atoms with Gasteiger partial charge in [0.2, 0.25) is 0 Å². The summed E-state index contributed by atoms with van der Waals surface area (Å²) in [7, 11) is 0. The SMILES string of the molecule is C[C@H](N)CC1(c2n[nH]c(=O)[nH]2)c2ccc(O)cc2CCc2cc(C=O)ccc21. The minimum atomic E-state index is -0.802. The number of rotatable bonds is 4. The lowest BCUT2D eigenvalue weighted by atomic mass is 9.68. The van der Waals surface area contributed by atoms with Crippen LogP contribution in [0.15, 0.2) is 41.2 Å². The number of hydrogen-bond donors (Lipinski definition) is 4. The van der Waals surface area contributed by atoms with Crippen molar-refractivity contribution in [3.8, 4) is 5.75 Å². The zero-order valence-electron chi connectivity index (χ0n) is 15.5. The lowest BCUT2D eigenvalue weighted by Crippen LogP contribution is -2.38. The number of aryl methyl sites for hydroxylation is 2. The summed E-state index contributed by atoms with van der Waals surface area (Å²) in [6.07, 6.45) is 2.71. The summed E-state index contributed by atoms with van der Waals surface area (Å²) >= 11 is 0. The van der Waals surface area contributed by atoms with Gasteiger partial charge in [-0.1, -0.05) is 18.2 Å². The summed E-state index contributed by atoms with van der Waals surface area (Å²) < 4.78 is 0. The van der Waals surface area contributed by atoms with Crippen molar-refractivity contribution in [2.75, 3.05) is 0 Å². The molecule has 0 aliphatic heterocycles. The molecule has 2 atom stereocenters. The van der Waals surface area contributed by atoms with E-state index in [-0.39, 0.29) is 11.8 Å². The second kappa shape index (κ2) is 6.76. The van der Waals surface area contributed by atoms with Gasteiger partial charge in [-0.05, 0) is 66.6 Å². The molecule has 0 radical (unpaired) electrons. The number of aromatic amines is 2. The molecule has 0 amide bonds. The van der Waals surface area contributed by atoms with Gasteiger partial charge in [-0.25, -0.2) is 9.89 Å². The van der Waals surface area contributed by atoms with E-state index in [0.717, 1.165) is 28.5 Å². The lowest BCUT2D eigenvalue weighted by molar-refractivity contribution is 0.112. The minimum Gasteiger partial charge on any atom is -0.508 e. The molecule has 144 valence electrons. The summed E-state index contributed by atoms with van der Waals surface area (Å²) in [4.78, 5) is 26.1. The number of benzene rings is 2. The highest BCUT2D eigenvalue weighted by atomic mass is 16.3. The summed E-state index contributed by atoms with van der Waals surface area (Å²) in [6, 6.07) is 10.7. The summed E-state index contributed by atoms with van der Waals surface area (Å²) in [5, 5.41) is 16.8. The Kier molecular flexibility index (Phi) is 4.39. The van der Waals surface area contributed by atoms with E-state index in [9.17, 15) is 14.7 Å². The second-order valence-corrected chi connectivity index (χ2v) is 7.49. The van der Waals surface area contributed by atoms with Gasteiger partial charge in [-0.15, -0.1) is 0 Å². The first-order valence-corrected chi connectivity index (χ1v) is 9.25. The fourth-order valence-corrected chi connectivity index (χ4v) is 4.45. The van der Waals surface area contributed by atoms with Gasteiger partial charge >= 0.3 is 5.69 Å². The molecule has 7 heteroatoms. The van der Waals surface area contributed by atoms with Gasteiger partial charge in [0.05, 0.1) is 5.41 Å². The van der Waals surface area contributed by atoms with Crippen LogP contribution in [-0.4, -0.2) is 32.6 Å². The molecule has 0 fully saturated rings. The van der Waals surface area contributed by atoms with Crippen molar-refractivity contribution in [1.29, 1.82) is 0 Å². The summed E-state index contributed by atoms with van der Waals surface area (Å²) in [6.45, 7) is 1.91. The van der Waals surface area contributed by atoms with Crippen LogP contribution in [0.2, 0.25) is 0 Å². The van der Waals surface area contributed by atoms with Gasteiger partial charge in [0.1, 0.15) is 17.9 Å². The van der Waals surface area contributed by atoms with Crippen molar-refractivity contribution < 1.29 is 9.90 Å². The Labute approximate surface area is 161 Å². The quantitative estimate of drug-likeness (QED) is 0.515. The van der Waals surface area contributed by atoms with Crippen LogP contribution in [0.3, 0.4) is 0 Å². The molecule has 28 heavy (non-hydrogen) atoms. The Hall–Kier alpha value is -3.19. The normalized spacial score (nSPS) is 19.4. The highest BCUT2D eigenvalue weighted by Crippen LogP contribution is 2.46. The van der Waals surface area contributed by atoms with E-state index in [0.29, 0.717) is 30.7 Å². The second-order valence-electron chi connectivity index (χ2n) is 7.49. The highest BCUT2D eigenvalue weighted by molar-refractivity contribution is 5.76. The first-order chi connectivity index (χ1) is 13.4. The van der Waals surface area contributed by atoms with E-state index >= 15 is 0 Å². The van der Waals surface area contributed by atoms with Crippen molar-refractivity contribution in [2.24, 2.45) is 5.73 Å². The Morgan fingerprint density at radius 1 is 1.21 bits per heavy atom. The number of fused-ring (bicyclic) bond motifs is 2. The Morgan fingerprint density at radius 3 is 2.50 bits per heavy atom. The maximum Gasteiger partial charge on any atom is 0.340 e. The fourth-order valence-electron chi connectivity index (χ4n) is 4.45. The van der Waals surface area contributed by atoms with E-state index in [1.54, 1.807) is 18.2 Å². The zero-order valence-corrected chi connectivity index (χ0v) is 15.5. The van der Waals surface area contributed by atoms with E-state index < -0.39 is 11.1 Å². The van der Waals surface area contributed by atoms with Crippen LogP contribution in [0.5, 0.6) is 5.75 Å². The summed E-state index contributed by atoms with van der Waals surface area (Å²) in [5.74, 6) is 0.659. The average Bonchev–Trinajstić information content (AvgIpc) is 3.06. The predicted octanol–water partition coefficient (Wildman–Crippen LogP) is 1.79. The number of carbonyl (C=O) groups excluding carboxylic acids is 1. The van der Waals surface area contributed by atoms with Gasteiger partial charge in [0.25, 0.3) is 0 Å². The molecule has 0 spiro atoms. The number of H-pyrrole nitrogens is 2. The van der Waals surface area contributed by atoms with Crippen LogP contribution in [0, 0.1) is 0 Å². The van der Waals surface area contributed by atoms with Crippen molar-refractivity contribution in [3.05, 3.63) is 80.5 Å². The molecule has 2 aromatic carbocycles. The standard InChI is InChI=1S/C21H22N4O3/c1-12(22)10-21(19-23-20(28)25-24-19)17-6-2-13(11-26)8-14(17)3-4-15-9-16(27)5-7-18(15)21/h2,5-9,11-12,27H,3-4,10,22H2,1H3,(H2,23,24,25,28)/t12-,21?/m0/s1. The number of nitrogens with one attached hydrogen (secondary N) is 2. The molecule has 7 nitrogen and oxygen atoms in total. The molecule has 0 saturated carbocycles. The maximum atomic E-state index is 11.9. The van der Waals surface area contributed by atoms with Crippen molar-refractivity contribution in [2.45, 2.75) is 37.6 Å². The van der Waals surface area contributed by atoms with E-state index in [1.165, 1.54) is 0 Å². The van der Waals surface area contributed by atoms with E-state index in [1.807, 2.05) is 25.1 Å². The molecule has 1 heterocycles. The monoisotopic (exact) mass is 378 g/mol. The molecule has 1 aliphatic rings. The molecular weight excluding hydrogens is 356 g/mol. The van der Waals surface area contributed by atoms with Gasteiger partial charge in [-0.2, -0.15) is 5.10 Å². The maximum absolute atomic E-state index is 11.9. The van der Waals surface area contributed by atoms with Gasteiger partial charge in [0.15, 0.2) is 0 Å². The third-order valence-electron chi connectivity index (χ3n) is 5.47. The number of hydrogen-bond acceptors (Lipinski definition) is 5. The van der Waals surface area contributed by atoms with Crippen molar-refractivity contribution in [3.63, 3.8) is 0 Å². The number of aldehydes is 1. The Morgan fingerprint density at radius 2 is 1.89 bits per heavy atom. The molecule has 1 aliphatic carbocycles. The minimum absolute atomic E-state index is 0.184. The van der Waals surface area contributed by atoms with Crippen LogP contribution in [0.25, 0.3) is 0 Å². The fraction of sp³-hybridized carbons (Fsp3) is 0.286. The van der Waals surface area contributed by atoms with Gasteiger partial charge in [0, 0.05) is 11.6 Å². The van der Waals surface area contributed by atoms with Crippen LogP contribution in [0.1, 0.15) is 51.8 Å². The van der Waals surface area contributed by atoms with E-state index in [4.69, 9.17) is 5.73 Å². The lowest BCUT2D eigenvalue weighted by Gasteiger charge is -2.36. The molecule has 5 N–H and O–H groups in total. The number of nitrogens with two attached hydrogens (primary N) is 1. The number of carbonyl (C=O) groups is 1. The van der Waals surface area contributed by atoms with Gasteiger partial charge < -0.3 is 10.8 Å².